The normalized spacial score (nSPS) is 15.5. The largest absolute Gasteiger partial charge is 0.268 e. The van der Waals surface area contributed by atoms with E-state index < -0.39 is 0 Å². The van der Waals surface area contributed by atoms with Gasteiger partial charge in [-0.2, -0.15) is 5.10 Å². The third-order valence-corrected chi connectivity index (χ3v) is 3.48. The van der Waals surface area contributed by atoms with E-state index in [-0.39, 0.29) is 5.56 Å². The zero-order valence-electron chi connectivity index (χ0n) is 9.52. The summed E-state index contributed by atoms with van der Waals surface area (Å²) in [5.41, 5.74) is 3.27. The minimum atomic E-state index is -0.147. The van der Waals surface area contributed by atoms with Crippen molar-refractivity contribution in [1.82, 2.24) is 10.2 Å². The van der Waals surface area contributed by atoms with Gasteiger partial charge in [0.05, 0.1) is 6.20 Å². The Labute approximate surface area is 99.5 Å². The van der Waals surface area contributed by atoms with Crippen LogP contribution >= 0.6 is 0 Å². The van der Waals surface area contributed by atoms with Crippen LogP contribution in [0, 0.1) is 0 Å². The summed E-state index contributed by atoms with van der Waals surface area (Å²) >= 11 is 0. The van der Waals surface area contributed by atoms with Gasteiger partial charge in [0.2, 0.25) is 0 Å². The van der Waals surface area contributed by atoms with E-state index in [9.17, 15) is 4.79 Å². The molecule has 0 atom stereocenters. The SMILES string of the molecule is O=c1cc(-c2ccccc2C2CCC2)cn[nH]1. The molecule has 1 aromatic heterocycles. The van der Waals surface area contributed by atoms with Gasteiger partial charge in [0.1, 0.15) is 0 Å². The molecule has 1 saturated carbocycles. The van der Waals surface area contributed by atoms with Crippen molar-refractivity contribution in [1.29, 1.82) is 0 Å². The van der Waals surface area contributed by atoms with Crippen molar-refractivity contribution in [3.05, 3.63) is 52.4 Å². The quantitative estimate of drug-likeness (QED) is 0.855. The molecule has 1 N–H and O–H groups in total. The molecule has 3 rings (SSSR count). The van der Waals surface area contributed by atoms with Gasteiger partial charge in [0, 0.05) is 11.6 Å². The highest BCUT2D eigenvalue weighted by Gasteiger charge is 2.22. The maximum Gasteiger partial charge on any atom is 0.264 e. The van der Waals surface area contributed by atoms with Crippen molar-refractivity contribution in [2.45, 2.75) is 25.2 Å². The second kappa shape index (κ2) is 4.17. The van der Waals surface area contributed by atoms with Gasteiger partial charge in [-0.25, -0.2) is 5.10 Å². The van der Waals surface area contributed by atoms with Crippen molar-refractivity contribution < 1.29 is 0 Å². The van der Waals surface area contributed by atoms with E-state index in [4.69, 9.17) is 0 Å². The molecule has 1 aromatic carbocycles. The molecule has 0 bridgehead atoms. The van der Waals surface area contributed by atoms with Crippen molar-refractivity contribution in [3.63, 3.8) is 0 Å². The molecule has 0 spiro atoms. The summed E-state index contributed by atoms with van der Waals surface area (Å²) in [6.45, 7) is 0. The van der Waals surface area contributed by atoms with Crippen molar-refractivity contribution in [2.24, 2.45) is 0 Å². The van der Waals surface area contributed by atoms with Crippen LogP contribution in [0.15, 0.2) is 41.3 Å². The minimum Gasteiger partial charge on any atom is -0.268 e. The lowest BCUT2D eigenvalue weighted by atomic mass is 9.77. The molecule has 0 unspecified atom stereocenters. The predicted octanol–water partition coefficient (Wildman–Crippen LogP) is 2.70. The Kier molecular flexibility index (Phi) is 2.52. The number of aromatic nitrogens is 2. The molecule has 1 heterocycles. The van der Waals surface area contributed by atoms with Gasteiger partial charge in [-0.05, 0) is 29.9 Å². The number of nitrogens with zero attached hydrogens (tertiary/aromatic N) is 1. The second-order valence-corrected chi connectivity index (χ2v) is 4.55. The zero-order valence-corrected chi connectivity index (χ0v) is 9.52. The molecule has 17 heavy (non-hydrogen) atoms. The third kappa shape index (κ3) is 1.88. The topological polar surface area (TPSA) is 45.8 Å². The second-order valence-electron chi connectivity index (χ2n) is 4.55. The van der Waals surface area contributed by atoms with Gasteiger partial charge in [-0.15, -0.1) is 0 Å². The first-order valence-corrected chi connectivity index (χ1v) is 5.98. The highest BCUT2D eigenvalue weighted by molar-refractivity contribution is 5.67. The molecule has 1 fully saturated rings. The monoisotopic (exact) mass is 226 g/mol. The molecule has 3 nitrogen and oxygen atoms in total. The Morgan fingerprint density at radius 3 is 2.76 bits per heavy atom. The lowest BCUT2D eigenvalue weighted by Gasteiger charge is -2.27. The fourth-order valence-electron chi connectivity index (χ4n) is 2.36. The Hall–Kier alpha value is -1.90. The van der Waals surface area contributed by atoms with Crippen LogP contribution in [0.1, 0.15) is 30.7 Å². The molecular formula is C14H14N2O. The van der Waals surface area contributed by atoms with Crippen molar-refractivity contribution in [3.8, 4) is 11.1 Å². The number of benzene rings is 1. The van der Waals surface area contributed by atoms with Crippen LogP contribution in [-0.4, -0.2) is 10.2 Å². The highest BCUT2D eigenvalue weighted by Crippen LogP contribution is 2.40. The summed E-state index contributed by atoms with van der Waals surface area (Å²) in [6, 6.07) is 9.94. The summed E-state index contributed by atoms with van der Waals surface area (Å²) < 4.78 is 0. The van der Waals surface area contributed by atoms with E-state index in [0.29, 0.717) is 5.92 Å². The van der Waals surface area contributed by atoms with Gasteiger partial charge in [0.15, 0.2) is 0 Å². The lowest BCUT2D eigenvalue weighted by molar-refractivity contribution is 0.420. The van der Waals surface area contributed by atoms with E-state index in [1.165, 1.54) is 24.8 Å². The van der Waals surface area contributed by atoms with E-state index in [1.54, 1.807) is 12.3 Å². The third-order valence-electron chi connectivity index (χ3n) is 3.48. The first-order chi connectivity index (χ1) is 8.34. The molecule has 0 radical (unpaired) electrons. The molecule has 1 aliphatic carbocycles. The number of hydrogen-bond acceptors (Lipinski definition) is 2. The van der Waals surface area contributed by atoms with Crippen LogP contribution < -0.4 is 5.56 Å². The van der Waals surface area contributed by atoms with Crippen molar-refractivity contribution in [2.75, 3.05) is 0 Å². The molecule has 2 aromatic rings. The average molecular weight is 226 g/mol. The van der Waals surface area contributed by atoms with E-state index in [2.05, 4.69) is 28.4 Å². The number of rotatable bonds is 2. The number of nitrogens with one attached hydrogen (secondary N) is 1. The van der Waals surface area contributed by atoms with Gasteiger partial charge in [-0.1, -0.05) is 30.7 Å². The Morgan fingerprint density at radius 2 is 2.06 bits per heavy atom. The van der Waals surface area contributed by atoms with Crippen LogP contribution in [-0.2, 0) is 0 Å². The maximum absolute atomic E-state index is 11.3. The number of aromatic amines is 1. The summed E-state index contributed by atoms with van der Waals surface area (Å²) in [4.78, 5) is 11.3. The van der Waals surface area contributed by atoms with Crippen molar-refractivity contribution >= 4 is 0 Å². The molecular weight excluding hydrogens is 212 g/mol. The van der Waals surface area contributed by atoms with Crippen LogP contribution in [0.5, 0.6) is 0 Å². The first-order valence-electron chi connectivity index (χ1n) is 5.98. The van der Waals surface area contributed by atoms with Gasteiger partial charge in [-0.3, -0.25) is 4.79 Å². The first kappa shape index (κ1) is 10.3. The zero-order chi connectivity index (χ0) is 11.7. The van der Waals surface area contributed by atoms with Gasteiger partial charge in [0.25, 0.3) is 5.56 Å². The maximum atomic E-state index is 11.3. The van der Waals surface area contributed by atoms with E-state index >= 15 is 0 Å². The molecule has 3 heteroatoms. The van der Waals surface area contributed by atoms with Gasteiger partial charge < -0.3 is 0 Å². The van der Waals surface area contributed by atoms with E-state index in [0.717, 1.165) is 11.1 Å². The fourth-order valence-corrected chi connectivity index (χ4v) is 2.36. The number of H-pyrrole nitrogens is 1. The summed E-state index contributed by atoms with van der Waals surface area (Å²) in [5, 5.41) is 6.28. The highest BCUT2D eigenvalue weighted by atomic mass is 16.1. The Bertz CT molecular complexity index is 585. The number of hydrogen-bond donors (Lipinski definition) is 1. The van der Waals surface area contributed by atoms with Crippen LogP contribution in [0.3, 0.4) is 0 Å². The molecule has 0 saturated heterocycles. The van der Waals surface area contributed by atoms with Crippen LogP contribution in [0.25, 0.3) is 11.1 Å². The summed E-state index contributed by atoms with van der Waals surface area (Å²) in [7, 11) is 0. The Morgan fingerprint density at radius 1 is 1.24 bits per heavy atom. The molecule has 1 aliphatic rings. The van der Waals surface area contributed by atoms with Crippen LogP contribution in [0.4, 0.5) is 0 Å². The predicted molar refractivity (Wildman–Crippen MR) is 66.9 cm³/mol. The molecule has 0 aliphatic heterocycles. The molecule has 86 valence electrons. The molecule has 0 amide bonds. The fraction of sp³-hybridized carbons (Fsp3) is 0.286. The summed E-state index contributed by atoms with van der Waals surface area (Å²) in [5.74, 6) is 0.658. The lowest BCUT2D eigenvalue weighted by Crippen LogP contribution is -2.11. The minimum absolute atomic E-state index is 0.147. The smallest absolute Gasteiger partial charge is 0.264 e. The summed E-state index contributed by atoms with van der Waals surface area (Å²) in [6.07, 6.45) is 5.55. The standard InChI is InChI=1S/C14H14N2O/c17-14-8-11(9-15-16-14)13-7-2-1-6-12(13)10-4-3-5-10/h1-2,6-10H,3-5H2,(H,16,17). The van der Waals surface area contributed by atoms with E-state index in [1.807, 2.05) is 6.07 Å². The Balaban J connectivity index is 2.10. The van der Waals surface area contributed by atoms with Gasteiger partial charge >= 0.3 is 0 Å². The average Bonchev–Trinajstić information content (AvgIpc) is 2.27. The van der Waals surface area contributed by atoms with Crippen LogP contribution in [0.2, 0.25) is 0 Å².